The van der Waals surface area contributed by atoms with E-state index in [2.05, 4.69) is 15.6 Å². The van der Waals surface area contributed by atoms with Crippen LogP contribution in [0.3, 0.4) is 0 Å². The monoisotopic (exact) mass is 274 g/mol. The van der Waals surface area contributed by atoms with Crippen molar-refractivity contribution in [2.45, 2.75) is 13.0 Å². The van der Waals surface area contributed by atoms with E-state index in [0.717, 1.165) is 22.6 Å². The Bertz CT molecular complexity index is 572. The summed E-state index contributed by atoms with van der Waals surface area (Å²) in [5.74, 6) is 6.94. The van der Waals surface area contributed by atoms with Crippen LogP contribution in [0.15, 0.2) is 30.3 Å². The van der Waals surface area contributed by atoms with Crippen LogP contribution in [-0.4, -0.2) is 24.4 Å². The first-order chi connectivity index (χ1) is 9.69. The molecule has 0 saturated carbocycles. The number of aryl methyl sites for hydroxylation is 1. The topological polar surface area (TPSA) is 82.3 Å². The second-order valence-corrected chi connectivity index (χ2v) is 4.32. The van der Waals surface area contributed by atoms with Crippen LogP contribution in [0, 0.1) is 6.92 Å². The van der Waals surface area contributed by atoms with E-state index in [1.54, 1.807) is 20.3 Å². The molecule has 1 aromatic carbocycles. The van der Waals surface area contributed by atoms with E-state index in [1.165, 1.54) is 0 Å². The smallest absolute Gasteiger partial charge is 0.233 e. The zero-order chi connectivity index (χ0) is 14.5. The summed E-state index contributed by atoms with van der Waals surface area (Å²) in [6, 6.07) is 9.16. The zero-order valence-corrected chi connectivity index (χ0v) is 11.8. The minimum atomic E-state index is -0.237. The molecule has 0 aliphatic carbocycles. The molecular weight excluding hydrogens is 256 g/mol. The number of hydrogen-bond acceptors (Lipinski definition) is 6. The second-order valence-electron chi connectivity index (χ2n) is 4.32. The average molecular weight is 274 g/mol. The number of benzene rings is 1. The predicted octanol–water partition coefficient (Wildman–Crippen LogP) is 1.35. The van der Waals surface area contributed by atoms with E-state index < -0.39 is 0 Å². The molecule has 106 valence electrons. The number of aromatic nitrogens is 2. The van der Waals surface area contributed by atoms with Gasteiger partial charge in [-0.25, -0.2) is 5.43 Å². The standard InChI is InChI=1S/C14H18N4O2/c1-9-8-10(19-2)4-5-11(9)14(16-15)12-6-7-13(20-3)18-17-12/h4-8,14,16H,15H2,1-3H3. The summed E-state index contributed by atoms with van der Waals surface area (Å²) < 4.78 is 10.2. The van der Waals surface area contributed by atoms with E-state index >= 15 is 0 Å². The van der Waals surface area contributed by atoms with Gasteiger partial charge in [0.05, 0.1) is 26.0 Å². The Morgan fingerprint density at radius 1 is 1.10 bits per heavy atom. The third-order valence-electron chi connectivity index (χ3n) is 3.12. The molecule has 0 radical (unpaired) electrons. The van der Waals surface area contributed by atoms with Crippen LogP contribution in [-0.2, 0) is 0 Å². The van der Waals surface area contributed by atoms with E-state index in [0.29, 0.717) is 5.88 Å². The van der Waals surface area contributed by atoms with E-state index in [-0.39, 0.29) is 6.04 Å². The van der Waals surface area contributed by atoms with Gasteiger partial charge in [0, 0.05) is 6.07 Å². The number of nitrogens with zero attached hydrogens (tertiary/aromatic N) is 2. The van der Waals surface area contributed by atoms with Gasteiger partial charge in [-0.05, 0) is 36.2 Å². The number of nitrogens with two attached hydrogens (primary N) is 1. The molecule has 0 amide bonds. The van der Waals surface area contributed by atoms with Gasteiger partial charge in [0.15, 0.2) is 0 Å². The highest BCUT2D eigenvalue weighted by atomic mass is 16.5. The summed E-state index contributed by atoms with van der Waals surface area (Å²) in [6.07, 6.45) is 0. The first-order valence-electron chi connectivity index (χ1n) is 6.18. The first-order valence-corrected chi connectivity index (χ1v) is 6.18. The molecule has 1 atom stereocenters. The second kappa shape index (κ2) is 6.31. The number of methoxy groups -OCH3 is 2. The summed E-state index contributed by atoms with van der Waals surface area (Å²) in [6.45, 7) is 2.00. The van der Waals surface area contributed by atoms with Crippen LogP contribution in [0.25, 0.3) is 0 Å². The first kappa shape index (κ1) is 14.2. The largest absolute Gasteiger partial charge is 0.497 e. The number of hydrogen-bond donors (Lipinski definition) is 2. The Morgan fingerprint density at radius 3 is 2.40 bits per heavy atom. The molecule has 0 aliphatic heterocycles. The summed E-state index contributed by atoms with van der Waals surface area (Å²) in [5, 5.41) is 8.09. The fraction of sp³-hybridized carbons (Fsp3) is 0.286. The van der Waals surface area contributed by atoms with Crippen molar-refractivity contribution in [3.8, 4) is 11.6 Å². The molecular formula is C14H18N4O2. The normalized spacial score (nSPS) is 12.0. The van der Waals surface area contributed by atoms with Crippen molar-refractivity contribution in [3.63, 3.8) is 0 Å². The van der Waals surface area contributed by atoms with Gasteiger partial charge in [-0.3, -0.25) is 5.84 Å². The Hall–Kier alpha value is -2.18. The summed E-state index contributed by atoms with van der Waals surface area (Å²) >= 11 is 0. The molecule has 6 nitrogen and oxygen atoms in total. The lowest BCUT2D eigenvalue weighted by molar-refractivity contribution is 0.390. The lowest BCUT2D eigenvalue weighted by atomic mass is 9.99. The maximum atomic E-state index is 5.67. The van der Waals surface area contributed by atoms with E-state index in [9.17, 15) is 0 Å². The molecule has 0 bridgehead atoms. The third-order valence-corrected chi connectivity index (χ3v) is 3.12. The SMILES string of the molecule is COc1ccc(C(NN)c2ccc(OC)nn2)c(C)c1. The minimum Gasteiger partial charge on any atom is -0.497 e. The van der Waals surface area contributed by atoms with Gasteiger partial charge in [-0.15, -0.1) is 10.2 Å². The fourth-order valence-electron chi connectivity index (χ4n) is 2.03. The van der Waals surface area contributed by atoms with Crippen molar-refractivity contribution in [3.05, 3.63) is 47.2 Å². The van der Waals surface area contributed by atoms with E-state index in [4.69, 9.17) is 15.3 Å². The van der Waals surface area contributed by atoms with Crippen LogP contribution in [0.4, 0.5) is 0 Å². The fourth-order valence-corrected chi connectivity index (χ4v) is 2.03. The Morgan fingerprint density at radius 2 is 1.90 bits per heavy atom. The molecule has 1 aromatic heterocycles. The number of rotatable bonds is 5. The molecule has 0 saturated heterocycles. The van der Waals surface area contributed by atoms with Crippen LogP contribution >= 0.6 is 0 Å². The molecule has 1 heterocycles. The molecule has 3 N–H and O–H groups in total. The quantitative estimate of drug-likeness (QED) is 0.632. The molecule has 2 rings (SSSR count). The van der Waals surface area contributed by atoms with Gasteiger partial charge in [0.25, 0.3) is 0 Å². The molecule has 0 spiro atoms. The Balaban J connectivity index is 2.35. The summed E-state index contributed by atoms with van der Waals surface area (Å²) in [7, 11) is 3.19. The van der Waals surface area contributed by atoms with Crippen molar-refractivity contribution in [2.75, 3.05) is 14.2 Å². The van der Waals surface area contributed by atoms with Crippen molar-refractivity contribution in [1.29, 1.82) is 0 Å². The minimum absolute atomic E-state index is 0.237. The molecule has 0 fully saturated rings. The van der Waals surface area contributed by atoms with Gasteiger partial charge < -0.3 is 9.47 Å². The van der Waals surface area contributed by atoms with Gasteiger partial charge >= 0.3 is 0 Å². The summed E-state index contributed by atoms with van der Waals surface area (Å²) in [5.41, 5.74) is 5.57. The van der Waals surface area contributed by atoms with Crippen LogP contribution < -0.4 is 20.7 Å². The zero-order valence-electron chi connectivity index (χ0n) is 11.8. The van der Waals surface area contributed by atoms with Gasteiger partial charge in [-0.1, -0.05) is 6.07 Å². The predicted molar refractivity (Wildman–Crippen MR) is 75.5 cm³/mol. The van der Waals surface area contributed by atoms with Gasteiger partial charge in [0.1, 0.15) is 5.75 Å². The number of nitrogens with one attached hydrogen (secondary N) is 1. The van der Waals surface area contributed by atoms with Gasteiger partial charge in [-0.2, -0.15) is 0 Å². The summed E-state index contributed by atoms with van der Waals surface area (Å²) in [4.78, 5) is 0. The van der Waals surface area contributed by atoms with Crippen LogP contribution in [0.1, 0.15) is 22.9 Å². The Labute approximate surface area is 117 Å². The number of hydrazine groups is 1. The highest BCUT2D eigenvalue weighted by Gasteiger charge is 2.17. The molecule has 1 unspecified atom stereocenters. The van der Waals surface area contributed by atoms with Crippen molar-refractivity contribution < 1.29 is 9.47 Å². The van der Waals surface area contributed by atoms with Crippen molar-refractivity contribution in [1.82, 2.24) is 15.6 Å². The molecule has 0 aliphatic rings. The number of ether oxygens (including phenoxy) is 2. The molecule has 6 heteroatoms. The maximum Gasteiger partial charge on any atom is 0.233 e. The maximum absolute atomic E-state index is 5.67. The van der Waals surface area contributed by atoms with Crippen molar-refractivity contribution >= 4 is 0 Å². The van der Waals surface area contributed by atoms with Gasteiger partial charge in [0.2, 0.25) is 5.88 Å². The average Bonchev–Trinajstić information content (AvgIpc) is 2.50. The lowest BCUT2D eigenvalue weighted by Gasteiger charge is -2.18. The lowest BCUT2D eigenvalue weighted by Crippen LogP contribution is -2.30. The Kier molecular flexibility index (Phi) is 4.49. The van der Waals surface area contributed by atoms with Crippen LogP contribution in [0.2, 0.25) is 0 Å². The highest BCUT2D eigenvalue weighted by Crippen LogP contribution is 2.26. The van der Waals surface area contributed by atoms with E-state index in [1.807, 2.05) is 31.2 Å². The van der Waals surface area contributed by atoms with Crippen LogP contribution in [0.5, 0.6) is 11.6 Å². The molecule has 20 heavy (non-hydrogen) atoms. The van der Waals surface area contributed by atoms with Crippen molar-refractivity contribution in [2.24, 2.45) is 5.84 Å². The third kappa shape index (κ3) is 2.87. The molecule has 2 aromatic rings. The highest BCUT2D eigenvalue weighted by molar-refractivity contribution is 5.39.